The first-order valence-corrected chi connectivity index (χ1v) is 13.4. The van der Waals surface area contributed by atoms with Crippen LogP contribution in [0.4, 0.5) is 20.4 Å². The van der Waals surface area contributed by atoms with Gasteiger partial charge in [-0.1, -0.05) is 29.9 Å². The average Bonchev–Trinajstić information content (AvgIpc) is 3.26. The van der Waals surface area contributed by atoms with Crippen LogP contribution in [0, 0.1) is 0 Å². The molecular weight excluding hydrogens is 542 g/mol. The van der Waals surface area contributed by atoms with Gasteiger partial charge in [0.1, 0.15) is 4.88 Å². The van der Waals surface area contributed by atoms with Crippen molar-refractivity contribution in [1.29, 1.82) is 0 Å². The number of carboxylic acid groups (broad SMARTS) is 2. The SMILES string of the molecule is CC(=O)Nc1nc(CCc2ccc(NC(NC(=O)O)NC(=O)O)cc2)c(C(=O)NCCCCCC(=O)N(C)C)s1. The Balaban J connectivity index is 1.97. The molecule has 1 aromatic carbocycles. The number of hydrogen-bond donors (Lipinski definition) is 7. The summed E-state index contributed by atoms with van der Waals surface area (Å²) in [6.07, 6.45) is -0.369. The number of benzene rings is 1. The molecule has 0 aliphatic heterocycles. The van der Waals surface area contributed by atoms with Crippen LogP contribution in [0.15, 0.2) is 24.3 Å². The molecule has 2 rings (SSSR count). The first-order valence-electron chi connectivity index (χ1n) is 12.5. The first kappa shape index (κ1) is 31.8. The number of unbranched alkanes of at least 4 members (excludes halogenated alkanes) is 2. The molecule has 15 heteroatoms. The van der Waals surface area contributed by atoms with Crippen LogP contribution in [0.1, 0.15) is 53.5 Å². The molecule has 0 aliphatic carbocycles. The lowest BCUT2D eigenvalue weighted by Crippen LogP contribution is -2.52. The third-order valence-electron chi connectivity index (χ3n) is 5.49. The van der Waals surface area contributed by atoms with Crippen molar-refractivity contribution in [2.24, 2.45) is 0 Å². The van der Waals surface area contributed by atoms with E-state index in [0.29, 0.717) is 47.2 Å². The number of aryl methyl sites for hydroxylation is 2. The Hall–Kier alpha value is -4.40. The molecule has 1 aromatic heterocycles. The average molecular weight is 578 g/mol. The highest BCUT2D eigenvalue weighted by Crippen LogP contribution is 2.25. The summed E-state index contributed by atoms with van der Waals surface area (Å²) in [4.78, 5) is 64.2. The second-order valence-electron chi connectivity index (χ2n) is 9.00. The van der Waals surface area contributed by atoms with Crippen molar-refractivity contribution in [3.8, 4) is 0 Å². The maximum absolute atomic E-state index is 12.9. The summed E-state index contributed by atoms with van der Waals surface area (Å²) in [6, 6.07) is 6.89. The number of amides is 5. The number of rotatable bonds is 15. The molecule has 0 atom stereocenters. The lowest BCUT2D eigenvalue weighted by Gasteiger charge is -2.19. The van der Waals surface area contributed by atoms with E-state index in [1.54, 1.807) is 43.3 Å². The summed E-state index contributed by atoms with van der Waals surface area (Å²) >= 11 is 1.10. The molecule has 7 N–H and O–H groups in total. The van der Waals surface area contributed by atoms with Gasteiger partial charge < -0.3 is 31.1 Å². The van der Waals surface area contributed by atoms with E-state index < -0.39 is 18.5 Å². The van der Waals surface area contributed by atoms with E-state index >= 15 is 0 Å². The van der Waals surface area contributed by atoms with Crippen LogP contribution in [0.25, 0.3) is 0 Å². The minimum Gasteiger partial charge on any atom is -0.465 e. The maximum Gasteiger partial charge on any atom is 0.407 e. The minimum absolute atomic E-state index is 0.0734. The smallest absolute Gasteiger partial charge is 0.407 e. The van der Waals surface area contributed by atoms with Gasteiger partial charge in [0.25, 0.3) is 5.91 Å². The molecule has 2 aromatic rings. The van der Waals surface area contributed by atoms with E-state index in [2.05, 4.69) is 20.9 Å². The van der Waals surface area contributed by atoms with Gasteiger partial charge in [-0.05, 0) is 43.4 Å². The Bertz CT molecular complexity index is 1170. The maximum atomic E-state index is 12.9. The quantitative estimate of drug-likeness (QED) is 0.123. The van der Waals surface area contributed by atoms with Crippen LogP contribution in [0.3, 0.4) is 0 Å². The van der Waals surface area contributed by atoms with Crippen molar-refractivity contribution in [1.82, 2.24) is 25.8 Å². The fourth-order valence-corrected chi connectivity index (χ4v) is 4.51. The van der Waals surface area contributed by atoms with Gasteiger partial charge in [-0.15, -0.1) is 0 Å². The number of carbonyl (C=O) groups excluding carboxylic acids is 3. The number of nitrogens with one attached hydrogen (secondary N) is 5. The molecule has 0 unspecified atom stereocenters. The van der Waals surface area contributed by atoms with Gasteiger partial charge in [0, 0.05) is 39.7 Å². The largest absolute Gasteiger partial charge is 0.465 e. The zero-order valence-corrected chi connectivity index (χ0v) is 23.4. The second-order valence-corrected chi connectivity index (χ2v) is 10.0. The number of carbonyl (C=O) groups is 5. The monoisotopic (exact) mass is 577 g/mol. The van der Waals surface area contributed by atoms with Crippen molar-refractivity contribution in [3.63, 3.8) is 0 Å². The van der Waals surface area contributed by atoms with E-state index in [9.17, 15) is 24.0 Å². The van der Waals surface area contributed by atoms with Crippen molar-refractivity contribution in [3.05, 3.63) is 40.4 Å². The molecular formula is C25H35N7O7S. The van der Waals surface area contributed by atoms with Crippen LogP contribution in [0.2, 0.25) is 0 Å². The van der Waals surface area contributed by atoms with Gasteiger partial charge in [-0.25, -0.2) is 14.6 Å². The summed E-state index contributed by atoms with van der Waals surface area (Å²) < 4.78 is 0. The molecule has 40 heavy (non-hydrogen) atoms. The minimum atomic E-state index is -1.40. The molecule has 218 valence electrons. The molecule has 0 spiro atoms. The van der Waals surface area contributed by atoms with E-state index in [4.69, 9.17) is 10.2 Å². The van der Waals surface area contributed by atoms with Crippen molar-refractivity contribution < 1.29 is 34.2 Å². The predicted molar refractivity (Wildman–Crippen MR) is 149 cm³/mol. The molecule has 0 saturated carbocycles. The number of nitrogens with zero attached hydrogens (tertiary/aromatic N) is 2. The van der Waals surface area contributed by atoms with Crippen LogP contribution >= 0.6 is 11.3 Å². The summed E-state index contributed by atoms with van der Waals surface area (Å²) in [6.45, 7) is 1.81. The molecule has 0 saturated heterocycles. The van der Waals surface area contributed by atoms with Crippen LogP contribution < -0.4 is 26.6 Å². The standard InChI is InChI=1S/C25H35N7O7S/c1-15(33)27-23-29-18(20(40-23)21(35)26-14-6-4-5-7-19(34)32(2)3)13-10-16-8-11-17(12-9-16)28-22(30-24(36)37)31-25(38)39/h8-9,11-12,22,28,30-31H,4-7,10,13-14H2,1-3H3,(H,26,35)(H,36,37)(H,38,39)(H,27,29,33). The normalized spacial score (nSPS) is 10.5. The molecule has 0 fully saturated rings. The van der Waals surface area contributed by atoms with Crippen LogP contribution in [-0.2, 0) is 22.4 Å². The third kappa shape index (κ3) is 11.6. The molecule has 5 amide bonds. The molecule has 0 radical (unpaired) electrons. The summed E-state index contributed by atoms with van der Waals surface area (Å²) in [5.74, 6) is -0.504. The third-order valence-corrected chi connectivity index (χ3v) is 6.50. The number of anilines is 2. The zero-order chi connectivity index (χ0) is 29.7. The number of hydrogen-bond acceptors (Lipinski definition) is 8. The van der Waals surface area contributed by atoms with E-state index in [1.807, 2.05) is 10.6 Å². The van der Waals surface area contributed by atoms with Gasteiger partial charge in [0.15, 0.2) is 11.4 Å². The lowest BCUT2D eigenvalue weighted by atomic mass is 10.1. The highest BCUT2D eigenvalue weighted by molar-refractivity contribution is 7.17. The van der Waals surface area contributed by atoms with Crippen molar-refractivity contribution in [2.75, 3.05) is 31.3 Å². The number of aromatic nitrogens is 1. The second kappa shape index (κ2) is 15.9. The van der Waals surface area contributed by atoms with Gasteiger partial charge in [-0.3, -0.25) is 25.0 Å². The molecule has 0 aliphatic rings. The Morgan fingerprint density at radius 3 is 2.17 bits per heavy atom. The van der Waals surface area contributed by atoms with Gasteiger partial charge in [0.2, 0.25) is 11.8 Å². The highest BCUT2D eigenvalue weighted by Gasteiger charge is 2.19. The van der Waals surface area contributed by atoms with E-state index in [0.717, 1.165) is 36.2 Å². The highest BCUT2D eigenvalue weighted by atomic mass is 32.1. The molecule has 0 bridgehead atoms. The van der Waals surface area contributed by atoms with Gasteiger partial charge in [0.05, 0.1) is 5.69 Å². The fraction of sp³-hybridized carbons (Fsp3) is 0.440. The zero-order valence-electron chi connectivity index (χ0n) is 22.6. The summed E-state index contributed by atoms with van der Waals surface area (Å²) in [5, 5.41) is 30.3. The Labute approximate surface area is 235 Å². The van der Waals surface area contributed by atoms with Gasteiger partial charge in [-0.2, -0.15) is 0 Å². The first-order chi connectivity index (χ1) is 18.9. The summed E-state index contributed by atoms with van der Waals surface area (Å²) in [5.41, 5.74) is 1.91. The molecule has 14 nitrogen and oxygen atoms in total. The Morgan fingerprint density at radius 1 is 0.950 bits per heavy atom. The topological polar surface area (TPSA) is 202 Å². The Morgan fingerprint density at radius 2 is 1.60 bits per heavy atom. The summed E-state index contributed by atoms with van der Waals surface area (Å²) in [7, 11) is 3.44. The lowest BCUT2D eigenvalue weighted by molar-refractivity contribution is -0.128. The van der Waals surface area contributed by atoms with Crippen LogP contribution in [-0.4, -0.2) is 76.9 Å². The number of thiazole rings is 1. The van der Waals surface area contributed by atoms with E-state index in [-0.39, 0.29) is 17.7 Å². The molecule has 1 heterocycles. The van der Waals surface area contributed by atoms with Crippen molar-refractivity contribution >= 4 is 52.1 Å². The van der Waals surface area contributed by atoms with E-state index in [1.165, 1.54) is 6.92 Å². The van der Waals surface area contributed by atoms with Crippen LogP contribution in [0.5, 0.6) is 0 Å². The Kier molecular flexibility index (Phi) is 12.6. The van der Waals surface area contributed by atoms with Gasteiger partial charge >= 0.3 is 12.2 Å². The predicted octanol–water partition coefficient (Wildman–Crippen LogP) is 2.50. The van der Waals surface area contributed by atoms with Crippen molar-refractivity contribution in [2.45, 2.75) is 51.7 Å². The fourth-order valence-electron chi connectivity index (χ4n) is 3.54.